The van der Waals surface area contributed by atoms with E-state index >= 15 is 0 Å². The van der Waals surface area contributed by atoms with Crippen molar-refractivity contribution in [1.29, 1.82) is 0 Å². The van der Waals surface area contributed by atoms with E-state index in [2.05, 4.69) is 18.2 Å². The summed E-state index contributed by atoms with van der Waals surface area (Å²) in [6.07, 6.45) is 9.06. The predicted octanol–water partition coefficient (Wildman–Crippen LogP) is 3.69. The molecule has 2 heteroatoms. The van der Waals surface area contributed by atoms with Crippen LogP contribution in [-0.4, -0.2) is 6.04 Å². The summed E-state index contributed by atoms with van der Waals surface area (Å²) in [6, 6.07) is 12.2. The van der Waals surface area contributed by atoms with Crippen LogP contribution in [0.3, 0.4) is 0 Å². The van der Waals surface area contributed by atoms with Crippen molar-refractivity contribution >= 4 is 5.69 Å². The summed E-state index contributed by atoms with van der Waals surface area (Å²) in [5.41, 5.74) is 1.97. The number of benzene rings is 1. The van der Waals surface area contributed by atoms with Gasteiger partial charge in [-0.3, -0.25) is 0 Å². The zero-order chi connectivity index (χ0) is 12.8. The highest BCUT2D eigenvalue weighted by Crippen LogP contribution is 2.13. The topological polar surface area (TPSA) is 25.2 Å². The van der Waals surface area contributed by atoms with Crippen LogP contribution in [0.4, 0.5) is 5.69 Å². The van der Waals surface area contributed by atoms with Crippen LogP contribution in [0.1, 0.15) is 24.7 Å². The molecule has 92 valence electrons. The Hall–Kier alpha value is -2.14. The average molecular weight is 239 g/mol. The standard InChI is InChI=1S/C16H17NO/c1-3-14-6-4-7-15(12-14)17-13(2)9-10-16-8-5-11-18-16/h1,4-8,11-13,17H,9-10H2,2H3. The molecule has 0 aliphatic rings. The van der Waals surface area contributed by atoms with Gasteiger partial charge in [-0.05, 0) is 43.7 Å². The van der Waals surface area contributed by atoms with Gasteiger partial charge in [-0.15, -0.1) is 6.42 Å². The Morgan fingerprint density at radius 2 is 2.22 bits per heavy atom. The zero-order valence-corrected chi connectivity index (χ0v) is 10.5. The maximum atomic E-state index is 5.38. The summed E-state index contributed by atoms with van der Waals surface area (Å²) in [6.45, 7) is 2.16. The molecule has 0 bridgehead atoms. The third-order valence-electron chi connectivity index (χ3n) is 2.85. The van der Waals surface area contributed by atoms with Crippen molar-refractivity contribution in [1.82, 2.24) is 0 Å². The van der Waals surface area contributed by atoms with Crippen molar-refractivity contribution in [3.8, 4) is 12.3 Å². The molecule has 1 aromatic heterocycles. The van der Waals surface area contributed by atoms with Crippen molar-refractivity contribution in [2.24, 2.45) is 0 Å². The molecule has 1 heterocycles. The van der Waals surface area contributed by atoms with E-state index in [1.165, 1.54) is 0 Å². The Labute approximate surface area is 108 Å². The lowest BCUT2D eigenvalue weighted by atomic mass is 10.1. The van der Waals surface area contributed by atoms with E-state index in [0.717, 1.165) is 29.9 Å². The van der Waals surface area contributed by atoms with Gasteiger partial charge in [0.1, 0.15) is 5.76 Å². The van der Waals surface area contributed by atoms with Gasteiger partial charge in [-0.2, -0.15) is 0 Å². The fraction of sp³-hybridized carbons (Fsp3) is 0.250. The maximum absolute atomic E-state index is 5.38. The first-order valence-electron chi connectivity index (χ1n) is 6.13. The van der Waals surface area contributed by atoms with Crippen molar-refractivity contribution in [2.45, 2.75) is 25.8 Å². The molecule has 18 heavy (non-hydrogen) atoms. The van der Waals surface area contributed by atoms with Gasteiger partial charge in [-0.1, -0.05) is 12.0 Å². The van der Waals surface area contributed by atoms with Crippen molar-refractivity contribution in [2.75, 3.05) is 5.32 Å². The molecule has 1 N–H and O–H groups in total. The lowest BCUT2D eigenvalue weighted by Gasteiger charge is -2.14. The number of aryl methyl sites for hydroxylation is 1. The maximum Gasteiger partial charge on any atom is 0.103 e. The Bertz CT molecular complexity index is 522. The molecule has 1 aromatic carbocycles. The van der Waals surface area contributed by atoms with Gasteiger partial charge in [0.15, 0.2) is 0 Å². The molecule has 0 radical (unpaired) electrons. The molecule has 0 amide bonds. The minimum Gasteiger partial charge on any atom is -0.469 e. The SMILES string of the molecule is C#Cc1cccc(NC(C)CCc2ccco2)c1. The fourth-order valence-electron chi connectivity index (χ4n) is 1.87. The van der Waals surface area contributed by atoms with Crippen LogP contribution in [0.25, 0.3) is 0 Å². The second-order valence-corrected chi connectivity index (χ2v) is 4.39. The largest absolute Gasteiger partial charge is 0.469 e. The third kappa shape index (κ3) is 3.43. The van der Waals surface area contributed by atoms with E-state index in [0.29, 0.717) is 6.04 Å². The number of hydrogen-bond acceptors (Lipinski definition) is 2. The van der Waals surface area contributed by atoms with Gasteiger partial charge < -0.3 is 9.73 Å². The van der Waals surface area contributed by atoms with Crippen LogP contribution >= 0.6 is 0 Å². The van der Waals surface area contributed by atoms with Gasteiger partial charge in [0.2, 0.25) is 0 Å². The Morgan fingerprint density at radius 3 is 2.94 bits per heavy atom. The molecular formula is C16H17NO. The molecule has 0 saturated carbocycles. The molecule has 0 saturated heterocycles. The first kappa shape index (κ1) is 12.3. The first-order valence-corrected chi connectivity index (χ1v) is 6.13. The van der Waals surface area contributed by atoms with E-state index in [1.54, 1.807) is 6.26 Å². The molecule has 2 rings (SSSR count). The molecule has 0 aliphatic carbocycles. The predicted molar refractivity (Wildman–Crippen MR) is 74.5 cm³/mol. The zero-order valence-electron chi connectivity index (χ0n) is 10.5. The number of terminal acetylenes is 1. The summed E-state index contributed by atoms with van der Waals surface area (Å²) in [7, 11) is 0. The molecular weight excluding hydrogens is 222 g/mol. The number of anilines is 1. The molecule has 2 nitrogen and oxygen atoms in total. The van der Waals surface area contributed by atoms with E-state index in [-0.39, 0.29) is 0 Å². The van der Waals surface area contributed by atoms with E-state index in [9.17, 15) is 0 Å². The number of rotatable bonds is 5. The van der Waals surface area contributed by atoms with Crippen LogP contribution in [0, 0.1) is 12.3 Å². The summed E-state index contributed by atoms with van der Waals surface area (Å²) in [5.74, 6) is 3.67. The lowest BCUT2D eigenvalue weighted by Crippen LogP contribution is -2.15. The summed E-state index contributed by atoms with van der Waals surface area (Å²) in [5, 5.41) is 3.44. The molecule has 0 spiro atoms. The molecule has 0 aliphatic heterocycles. The molecule has 0 fully saturated rings. The quantitative estimate of drug-likeness (QED) is 0.805. The minimum atomic E-state index is 0.378. The number of hydrogen-bond donors (Lipinski definition) is 1. The monoisotopic (exact) mass is 239 g/mol. The highest BCUT2D eigenvalue weighted by Gasteiger charge is 2.04. The van der Waals surface area contributed by atoms with Crippen LogP contribution in [-0.2, 0) is 6.42 Å². The van der Waals surface area contributed by atoms with Gasteiger partial charge in [-0.25, -0.2) is 0 Å². The third-order valence-corrected chi connectivity index (χ3v) is 2.85. The fourth-order valence-corrected chi connectivity index (χ4v) is 1.87. The number of furan rings is 1. The van der Waals surface area contributed by atoms with Gasteiger partial charge >= 0.3 is 0 Å². The smallest absolute Gasteiger partial charge is 0.103 e. The first-order chi connectivity index (χ1) is 8.78. The van der Waals surface area contributed by atoms with E-state index in [1.807, 2.05) is 36.4 Å². The van der Waals surface area contributed by atoms with Gasteiger partial charge in [0.25, 0.3) is 0 Å². The highest BCUT2D eigenvalue weighted by molar-refractivity contribution is 5.50. The Kier molecular flexibility index (Phi) is 4.09. The van der Waals surface area contributed by atoms with Crippen LogP contribution in [0.5, 0.6) is 0 Å². The Morgan fingerprint density at radius 1 is 1.33 bits per heavy atom. The van der Waals surface area contributed by atoms with E-state index < -0.39 is 0 Å². The summed E-state index contributed by atoms with van der Waals surface area (Å²) in [4.78, 5) is 0. The Balaban J connectivity index is 1.87. The van der Waals surface area contributed by atoms with Crippen molar-refractivity contribution in [3.63, 3.8) is 0 Å². The molecule has 1 atom stereocenters. The second-order valence-electron chi connectivity index (χ2n) is 4.39. The van der Waals surface area contributed by atoms with Gasteiger partial charge in [0.05, 0.1) is 6.26 Å². The van der Waals surface area contributed by atoms with Crippen molar-refractivity contribution < 1.29 is 4.42 Å². The summed E-state index contributed by atoms with van der Waals surface area (Å²) < 4.78 is 5.32. The van der Waals surface area contributed by atoms with Crippen molar-refractivity contribution in [3.05, 3.63) is 54.0 Å². The van der Waals surface area contributed by atoms with Crippen LogP contribution < -0.4 is 5.32 Å². The highest BCUT2D eigenvalue weighted by atomic mass is 16.3. The molecule has 1 unspecified atom stereocenters. The summed E-state index contributed by atoms with van der Waals surface area (Å²) >= 11 is 0. The van der Waals surface area contributed by atoms with Gasteiger partial charge in [0, 0.05) is 23.7 Å². The second kappa shape index (κ2) is 5.97. The minimum absolute atomic E-state index is 0.378. The van der Waals surface area contributed by atoms with Crippen LogP contribution in [0.2, 0.25) is 0 Å². The lowest BCUT2D eigenvalue weighted by molar-refractivity contribution is 0.495. The van der Waals surface area contributed by atoms with Crippen LogP contribution in [0.15, 0.2) is 47.1 Å². The molecule has 2 aromatic rings. The van der Waals surface area contributed by atoms with E-state index in [4.69, 9.17) is 10.8 Å². The average Bonchev–Trinajstić information content (AvgIpc) is 2.90. The number of nitrogens with one attached hydrogen (secondary N) is 1. The normalized spacial score (nSPS) is 11.8.